The van der Waals surface area contributed by atoms with Gasteiger partial charge in [0, 0.05) is 37.4 Å². The molecule has 1 aliphatic rings. The Bertz CT molecular complexity index is 718. The van der Waals surface area contributed by atoms with E-state index in [-0.39, 0.29) is 0 Å². The Kier molecular flexibility index (Phi) is 6.29. The van der Waals surface area contributed by atoms with Gasteiger partial charge in [0.15, 0.2) is 11.8 Å². The molecule has 0 saturated carbocycles. The van der Waals surface area contributed by atoms with Crippen molar-refractivity contribution in [3.8, 4) is 0 Å². The van der Waals surface area contributed by atoms with Crippen LogP contribution in [0.3, 0.4) is 0 Å². The molecule has 3 heterocycles. The lowest BCUT2D eigenvalue weighted by Crippen LogP contribution is -2.47. The van der Waals surface area contributed by atoms with Crippen molar-refractivity contribution in [3.05, 3.63) is 34.0 Å². The van der Waals surface area contributed by atoms with E-state index >= 15 is 0 Å². The summed E-state index contributed by atoms with van der Waals surface area (Å²) in [5.41, 5.74) is 1.36. The van der Waals surface area contributed by atoms with Crippen LogP contribution in [0.5, 0.6) is 0 Å². The van der Waals surface area contributed by atoms with Crippen molar-refractivity contribution in [3.63, 3.8) is 0 Å². The van der Waals surface area contributed by atoms with Gasteiger partial charge in [0.1, 0.15) is 5.82 Å². The number of guanidine groups is 1. The summed E-state index contributed by atoms with van der Waals surface area (Å²) in [4.78, 5) is 9.47. The van der Waals surface area contributed by atoms with Gasteiger partial charge in [-0.3, -0.25) is 4.99 Å². The summed E-state index contributed by atoms with van der Waals surface area (Å²) in [5.74, 6) is 3.76. The molecular weight excluding hydrogens is 344 g/mol. The summed E-state index contributed by atoms with van der Waals surface area (Å²) < 4.78 is 2.06. The molecule has 0 aliphatic carbocycles. The van der Waals surface area contributed by atoms with Gasteiger partial charge in [-0.05, 0) is 35.7 Å². The molecule has 0 amide bonds. The first-order valence-electron chi connectivity index (χ1n) is 9.57. The molecule has 2 aromatic rings. The first-order chi connectivity index (χ1) is 12.6. The molecule has 0 saturated heterocycles. The van der Waals surface area contributed by atoms with Crippen molar-refractivity contribution in [1.29, 1.82) is 0 Å². The third-order valence-corrected chi connectivity index (χ3v) is 5.41. The van der Waals surface area contributed by atoms with Crippen molar-refractivity contribution >= 4 is 17.3 Å². The second-order valence-corrected chi connectivity index (χ2v) is 8.06. The smallest absolute Gasteiger partial charge is 0.191 e. The molecule has 0 radical (unpaired) electrons. The van der Waals surface area contributed by atoms with Gasteiger partial charge in [-0.2, -0.15) is 16.4 Å². The van der Waals surface area contributed by atoms with Crippen LogP contribution >= 0.6 is 11.3 Å². The standard InChI is InChI=1S/C19H30N6S/c1-5-20-19(21-10-14(4)15-8-9-26-12-15)22-16-6-7-17-23-18(13(2)3)24-25(17)11-16/h8-9,12-14,16H,5-7,10-11H2,1-4H3,(H2,20,21,22). The van der Waals surface area contributed by atoms with E-state index in [0.29, 0.717) is 17.9 Å². The van der Waals surface area contributed by atoms with Crippen LogP contribution in [-0.4, -0.2) is 39.9 Å². The van der Waals surface area contributed by atoms with Crippen LogP contribution in [0, 0.1) is 0 Å². The summed E-state index contributed by atoms with van der Waals surface area (Å²) in [6.07, 6.45) is 2.02. The molecule has 26 heavy (non-hydrogen) atoms. The molecule has 142 valence electrons. The Morgan fingerprint density at radius 1 is 1.42 bits per heavy atom. The van der Waals surface area contributed by atoms with E-state index < -0.39 is 0 Å². The highest BCUT2D eigenvalue weighted by Gasteiger charge is 2.23. The van der Waals surface area contributed by atoms with Crippen LogP contribution in [0.1, 0.15) is 63.2 Å². The van der Waals surface area contributed by atoms with Gasteiger partial charge in [-0.15, -0.1) is 0 Å². The molecule has 0 fully saturated rings. The van der Waals surface area contributed by atoms with Gasteiger partial charge in [-0.25, -0.2) is 9.67 Å². The molecule has 2 aromatic heterocycles. The van der Waals surface area contributed by atoms with Crippen molar-refractivity contribution < 1.29 is 0 Å². The summed E-state index contributed by atoms with van der Waals surface area (Å²) in [5, 5.41) is 16.0. The quantitative estimate of drug-likeness (QED) is 0.602. The molecule has 7 heteroatoms. The van der Waals surface area contributed by atoms with Crippen LogP contribution in [-0.2, 0) is 13.0 Å². The fraction of sp³-hybridized carbons (Fsp3) is 0.632. The number of fused-ring (bicyclic) bond motifs is 1. The largest absolute Gasteiger partial charge is 0.357 e. The van der Waals surface area contributed by atoms with Gasteiger partial charge in [0.05, 0.1) is 6.54 Å². The van der Waals surface area contributed by atoms with Crippen LogP contribution in [0.2, 0.25) is 0 Å². The van der Waals surface area contributed by atoms with Gasteiger partial charge in [0.2, 0.25) is 0 Å². The minimum absolute atomic E-state index is 0.332. The zero-order chi connectivity index (χ0) is 18.5. The number of aryl methyl sites for hydroxylation is 1. The third-order valence-electron chi connectivity index (χ3n) is 4.71. The predicted molar refractivity (Wildman–Crippen MR) is 108 cm³/mol. The van der Waals surface area contributed by atoms with E-state index in [1.807, 2.05) is 0 Å². The summed E-state index contributed by atoms with van der Waals surface area (Å²) in [6.45, 7) is 11.1. The fourth-order valence-electron chi connectivity index (χ4n) is 3.09. The SMILES string of the molecule is CCNC(=NCC(C)c1ccsc1)NC1CCc2nc(C(C)C)nn2C1. The van der Waals surface area contributed by atoms with Crippen LogP contribution in [0.25, 0.3) is 0 Å². The number of hydrogen-bond acceptors (Lipinski definition) is 4. The van der Waals surface area contributed by atoms with Crippen LogP contribution < -0.4 is 10.6 Å². The molecule has 0 aromatic carbocycles. The van der Waals surface area contributed by atoms with E-state index in [0.717, 1.165) is 50.1 Å². The Morgan fingerprint density at radius 2 is 2.27 bits per heavy atom. The first kappa shape index (κ1) is 18.9. The lowest BCUT2D eigenvalue weighted by atomic mass is 10.1. The molecule has 0 bridgehead atoms. The summed E-state index contributed by atoms with van der Waals surface area (Å²) in [7, 11) is 0. The van der Waals surface area contributed by atoms with Gasteiger partial charge < -0.3 is 10.6 Å². The van der Waals surface area contributed by atoms with Crippen molar-refractivity contribution in [2.45, 2.75) is 65.0 Å². The normalized spacial score (nSPS) is 18.7. The monoisotopic (exact) mass is 374 g/mol. The number of thiophene rings is 1. The van der Waals surface area contributed by atoms with E-state index in [1.165, 1.54) is 5.56 Å². The number of nitrogens with zero attached hydrogens (tertiary/aromatic N) is 4. The lowest BCUT2D eigenvalue weighted by molar-refractivity contribution is 0.391. The predicted octanol–water partition coefficient (Wildman–Crippen LogP) is 3.14. The van der Waals surface area contributed by atoms with E-state index in [9.17, 15) is 0 Å². The van der Waals surface area contributed by atoms with Gasteiger partial charge in [-0.1, -0.05) is 20.8 Å². The number of aromatic nitrogens is 3. The second kappa shape index (κ2) is 8.66. The highest BCUT2D eigenvalue weighted by Crippen LogP contribution is 2.19. The Morgan fingerprint density at radius 3 is 2.96 bits per heavy atom. The van der Waals surface area contributed by atoms with Crippen molar-refractivity contribution in [1.82, 2.24) is 25.4 Å². The molecule has 3 rings (SSSR count). The fourth-order valence-corrected chi connectivity index (χ4v) is 3.88. The average molecular weight is 375 g/mol. The van der Waals surface area contributed by atoms with Gasteiger partial charge in [0.25, 0.3) is 0 Å². The number of rotatable bonds is 6. The second-order valence-electron chi connectivity index (χ2n) is 7.28. The maximum atomic E-state index is 4.81. The highest BCUT2D eigenvalue weighted by molar-refractivity contribution is 7.07. The molecule has 2 unspecified atom stereocenters. The molecular formula is C19H30N6S. The zero-order valence-electron chi connectivity index (χ0n) is 16.2. The third kappa shape index (κ3) is 4.63. The minimum Gasteiger partial charge on any atom is -0.357 e. The van der Waals surface area contributed by atoms with E-state index in [1.54, 1.807) is 11.3 Å². The summed E-state index contributed by atoms with van der Waals surface area (Å²) >= 11 is 1.74. The van der Waals surface area contributed by atoms with Crippen molar-refractivity contribution in [2.24, 2.45) is 4.99 Å². The molecule has 0 spiro atoms. The van der Waals surface area contributed by atoms with Crippen molar-refractivity contribution in [2.75, 3.05) is 13.1 Å². The zero-order valence-corrected chi connectivity index (χ0v) is 17.0. The average Bonchev–Trinajstić information content (AvgIpc) is 3.28. The van der Waals surface area contributed by atoms with Gasteiger partial charge >= 0.3 is 0 Å². The number of nitrogens with one attached hydrogen (secondary N) is 2. The lowest BCUT2D eigenvalue weighted by Gasteiger charge is -2.25. The topological polar surface area (TPSA) is 67.1 Å². The highest BCUT2D eigenvalue weighted by atomic mass is 32.1. The van der Waals surface area contributed by atoms with E-state index in [2.05, 4.69) is 69.9 Å². The summed E-state index contributed by atoms with van der Waals surface area (Å²) in [6, 6.07) is 2.52. The minimum atomic E-state index is 0.332. The van der Waals surface area contributed by atoms with Crippen LogP contribution in [0.15, 0.2) is 21.8 Å². The number of aliphatic imine (C=N–C) groups is 1. The molecule has 2 N–H and O–H groups in total. The maximum absolute atomic E-state index is 4.81. The first-order valence-corrected chi connectivity index (χ1v) is 10.5. The number of hydrogen-bond donors (Lipinski definition) is 2. The molecule has 1 aliphatic heterocycles. The Labute approximate surface area is 160 Å². The van der Waals surface area contributed by atoms with Crippen LogP contribution in [0.4, 0.5) is 0 Å². The molecule has 2 atom stereocenters. The van der Waals surface area contributed by atoms with E-state index in [4.69, 9.17) is 4.99 Å². The maximum Gasteiger partial charge on any atom is 0.191 e. The Balaban J connectivity index is 1.61. The molecule has 6 nitrogen and oxygen atoms in total. The Hall–Kier alpha value is -1.89.